The molecule has 1 aliphatic heterocycles. The highest BCUT2D eigenvalue weighted by Gasteiger charge is 2.25. The van der Waals surface area contributed by atoms with Gasteiger partial charge in [0.05, 0.1) is 9.83 Å². The van der Waals surface area contributed by atoms with Crippen molar-refractivity contribution in [3.63, 3.8) is 0 Å². The Labute approximate surface area is 157 Å². The Kier molecular flexibility index (Phi) is 4.97. The summed E-state index contributed by atoms with van der Waals surface area (Å²) < 4.78 is 29.7. The van der Waals surface area contributed by atoms with Gasteiger partial charge in [-0.25, -0.2) is 0 Å². The Hall–Kier alpha value is -3.18. The molecule has 2 aromatic rings. The molecular formula is C16H10N2O7S2. The van der Waals surface area contributed by atoms with Crippen molar-refractivity contribution in [2.24, 2.45) is 0 Å². The minimum atomic E-state index is -4.30. The van der Waals surface area contributed by atoms with Crippen molar-refractivity contribution in [2.45, 2.75) is 4.90 Å². The molecule has 9 nitrogen and oxygen atoms in total. The lowest BCUT2D eigenvalue weighted by Gasteiger charge is -2.07. The van der Waals surface area contributed by atoms with Gasteiger partial charge < -0.3 is 4.18 Å². The van der Waals surface area contributed by atoms with E-state index in [4.69, 9.17) is 4.18 Å². The summed E-state index contributed by atoms with van der Waals surface area (Å²) in [6.07, 6.45) is 1.41. The number of hydrogen-bond donors (Lipinski definition) is 1. The van der Waals surface area contributed by atoms with Crippen LogP contribution in [0.5, 0.6) is 5.75 Å². The predicted molar refractivity (Wildman–Crippen MR) is 96.5 cm³/mol. The second-order valence-electron chi connectivity index (χ2n) is 5.22. The van der Waals surface area contributed by atoms with Gasteiger partial charge in [0.25, 0.3) is 16.8 Å². The molecule has 2 amide bonds. The van der Waals surface area contributed by atoms with E-state index in [9.17, 15) is 28.1 Å². The molecule has 27 heavy (non-hydrogen) atoms. The minimum absolute atomic E-state index is 0.0504. The third kappa shape index (κ3) is 4.33. The second-order valence-corrected chi connectivity index (χ2v) is 7.78. The van der Waals surface area contributed by atoms with Gasteiger partial charge in [0.2, 0.25) is 0 Å². The number of thioether (sulfide) groups is 1. The summed E-state index contributed by atoms with van der Waals surface area (Å²) in [4.78, 5) is 32.6. The van der Waals surface area contributed by atoms with Crippen molar-refractivity contribution in [1.82, 2.24) is 5.32 Å². The van der Waals surface area contributed by atoms with Crippen molar-refractivity contribution >= 4 is 44.8 Å². The lowest BCUT2D eigenvalue weighted by molar-refractivity contribution is -0.385. The zero-order chi connectivity index (χ0) is 19.6. The largest absolute Gasteiger partial charge is 0.379 e. The summed E-state index contributed by atoms with van der Waals surface area (Å²) in [6, 6.07) is 10.3. The van der Waals surface area contributed by atoms with Gasteiger partial charge in [0.1, 0.15) is 10.6 Å². The summed E-state index contributed by atoms with van der Waals surface area (Å²) in [5.41, 5.74) is 0.0567. The molecule has 2 aromatic carbocycles. The summed E-state index contributed by atoms with van der Waals surface area (Å²) in [5.74, 6) is -0.592. The van der Waals surface area contributed by atoms with Crippen LogP contribution < -0.4 is 9.50 Å². The van der Waals surface area contributed by atoms with E-state index >= 15 is 0 Å². The fraction of sp³-hybridized carbons (Fsp3) is 0. The summed E-state index contributed by atoms with van der Waals surface area (Å²) in [7, 11) is -4.30. The number of carbonyl (C=O) groups excluding carboxylic acids is 2. The first-order valence-electron chi connectivity index (χ1n) is 7.28. The average Bonchev–Trinajstić information content (AvgIpc) is 2.92. The number of amides is 2. The minimum Gasteiger partial charge on any atom is -0.379 e. The summed E-state index contributed by atoms with van der Waals surface area (Å²) in [5, 5.41) is 12.4. The smallest absolute Gasteiger partial charge is 0.339 e. The SMILES string of the molecule is O=C1NC(=O)/C(=C/c2cccc(OS(=O)(=O)c3cccc([N+](=O)[O-])c3)c2)S1. The van der Waals surface area contributed by atoms with Gasteiger partial charge in [0, 0.05) is 12.1 Å². The van der Waals surface area contributed by atoms with Gasteiger partial charge in [-0.3, -0.25) is 25.0 Å². The maximum atomic E-state index is 12.4. The van der Waals surface area contributed by atoms with Crippen molar-refractivity contribution < 1.29 is 27.1 Å². The number of benzene rings is 2. The molecule has 3 rings (SSSR count). The van der Waals surface area contributed by atoms with Gasteiger partial charge in [0.15, 0.2) is 0 Å². The average molecular weight is 406 g/mol. The Morgan fingerprint density at radius 1 is 1.11 bits per heavy atom. The van der Waals surface area contributed by atoms with E-state index in [1.165, 1.54) is 36.4 Å². The quantitative estimate of drug-likeness (QED) is 0.347. The molecule has 0 bridgehead atoms. The van der Waals surface area contributed by atoms with E-state index in [1.54, 1.807) is 6.07 Å². The molecule has 0 aliphatic carbocycles. The van der Waals surface area contributed by atoms with Crippen molar-refractivity contribution in [1.29, 1.82) is 0 Å². The van der Waals surface area contributed by atoms with Gasteiger partial charge >= 0.3 is 10.1 Å². The van der Waals surface area contributed by atoms with Crippen LogP contribution in [0, 0.1) is 10.1 Å². The molecule has 0 radical (unpaired) electrons. The van der Waals surface area contributed by atoms with Crippen LogP contribution in [0.25, 0.3) is 6.08 Å². The topological polar surface area (TPSA) is 133 Å². The van der Waals surface area contributed by atoms with Gasteiger partial charge in [-0.1, -0.05) is 18.2 Å². The van der Waals surface area contributed by atoms with Gasteiger partial charge in [-0.05, 0) is 41.6 Å². The summed E-state index contributed by atoms with van der Waals surface area (Å²) in [6.45, 7) is 0. The molecule has 0 aromatic heterocycles. The number of nitro groups is 1. The molecule has 0 saturated carbocycles. The predicted octanol–water partition coefficient (Wildman–Crippen LogP) is 2.69. The number of rotatable bonds is 5. The zero-order valence-corrected chi connectivity index (χ0v) is 15.0. The molecular weight excluding hydrogens is 396 g/mol. The highest BCUT2D eigenvalue weighted by atomic mass is 32.2. The fourth-order valence-corrected chi connectivity index (χ4v) is 3.80. The van der Waals surface area contributed by atoms with Crippen LogP contribution in [0.2, 0.25) is 0 Å². The van der Waals surface area contributed by atoms with Crippen LogP contribution in [-0.4, -0.2) is 24.5 Å². The fourth-order valence-electron chi connectivity index (χ4n) is 2.16. The number of carbonyl (C=O) groups is 2. The van der Waals surface area contributed by atoms with E-state index in [1.807, 2.05) is 0 Å². The van der Waals surface area contributed by atoms with Crippen molar-refractivity contribution in [2.75, 3.05) is 0 Å². The molecule has 1 N–H and O–H groups in total. The standard InChI is InChI=1S/C16H10N2O7S2/c19-15-14(26-16(20)17-15)8-10-3-1-5-12(7-10)25-27(23,24)13-6-2-4-11(9-13)18(21)22/h1-9H,(H,17,19,20)/b14-8-. The summed E-state index contributed by atoms with van der Waals surface area (Å²) >= 11 is 0.727. The first kappa shape index (κ1) is 18.6. The van der Waals surface area contributed by atoms with E-state index in [0.29, 0.717) is 5.56 Å². The van der Waals surface area contributed by atoms with Crippen molar-refractivity contribution in [3.8, 4) is 5.75 Å². The van der Waals surface area contributed by atoms with Crippen molar-refractivity contribution in [3.05, 3.63) is 69.1 Å². The van der Waals surface area contributed by atoms with Crippen LogP contribution in [0.15, 0.2) is 58.3 Å². The third-order valence-electron chi connectivity index (χ3n) is 3.32. The van der Waals surface area contributed by atoms with E-state index < -0.39 is 26.2 Å². The lowest BCUT2D eigenvalue weighted by Crippen LogP contribution is -2.17. The molecule has 1 aliphatic rings. The number of hydrogen-bond acceptors (Lipinski definition) is 8. The highest BCUT2D eigenvalue weighted by molar-refractivity contribution is 8.18. The van der Waals surface area contributed by atoms with Crippen LogP contribution >= 0.6 is 11.8 Å². The second kappa shape index (κ2) is 7.21. The Morgan fingerprint density at radius 3 is 2.52 bits per heavy atom. The number of non-ortho nitro benzene ring substituents is 1. The molecule has 1 saturated heterocycles. The number of nitrogens with zero attached hydrogens (tertiary/aromatic N) is 1. The zero-order valence-electron chi connectivity index (χ0n) is 13.3. The lowest BCUT2D eigenvalue weighted by atomic mass is 10.2. The molecule has 0 unspecified atom stereocenters. The molecule has 1 heterocycles. The van der Waals surface area contributed by atoms with Gasteiger partial charge in [-0.2, -0.15) is 8.42 Å². The van der Waals surface area contributed by atoms with E-state index in [-0.39, 0.29) is 21.2 Å². The van der Waals surface area contributed by atoms with Crippen LogP contribution in [-0.2, 0) is 14.9 Å². The molecule has 11 heteroatoms. The third-order valence-corrected chi connectivity index (χ3v) is 5.37. The number of imide groups is 1. The maximum absolute atomic E-state index is 12.4. The molecule has 0 spiro atoms. The number of nitro benzene ring substituents is 1. The van der Waals surface area contributed by atoms with Crippen LogP contribution in [0.4, 0.5) is 10.5 Å². The van der Waals surface area contributed by atoms with Crippen LogP contribution in [0.1, 0.15) is 5.56 Å². The normalized spacial score (nSPS) is 15.6. The first-order chi connectivity index (χ1) is 12.7. The Balaban J connectivity index is 1.87. The van der Waals surface area contributed by atoms with E-state index in [0.717, 1.165) is 23.9 Å². The first-order valence-corrected chi connectivity index (χ1v) is 9.51. The highest BCUT2D eigenvalue weighted by Crippen LogP contribution is 2.27. The molecule has 1 fully saturated rings. The monoisotopic (exact) mass is 406 g/mol. The van der Waals surface area contributed by atoms with E-state index in [2.05, 4.69) is 5.32 Å². The molecule has 138 valence electrons. The Bertz CT molecular complexity index is 1090. The Morgan fingerprint density at radius 2 is 1.85 bits per heavy atom. The molecule has 0 atom stereocenters. The van der Waals surface area contributed by atoms with Crippen LogP contribution in [0.3, 0.4) is 0 Å². The maximum Gasteiger partial charge on any atom is 0.339 e. The van der Waals surface area contributed by atoms with Gasteiger partial charge in [-0.15, -0.1) is 0 Å². The number of nitrogens with one attached hydrogen (secondary N) is 1.